The van der Waals surface area contributed by atoms with Gasteiger partial charge in [-0.2, -0.15) is 8.78 Å². The van der Waals surface area contributed by atoms with Gasteiger partial charge in [-0.1, -0.05) is 37.5 Å². The first-order valence-electron chi connectivity index (χ1n) is 7.17. The summed E-state index contributed by atoms with van der Waals surface area (Å²) in [5.41, 5.74) is 0.455. The van der Waals surface area contributed by atoms with E-state index in [9.17, 15) is 13.6 Å². The largest absolute Gasteiger partial charge is 0.434 e. The van der Waals surface area contributed by atoms with Gasteiger partial charge in [0, 0.05) is 17.7 Å². The van der Waals surface area contributed by atoms with Crippen LogP contribution in [0.3, 0.4) is 0 Å². The van der Waals surface area contributed by atoms with E-state index in [4.69, 9.17) is 0 Å². The first-order valence-corrected chi connectivity index (χ1v) is 7.17. The second-order valence-corrected chi connectivity index (χ2v) is 5.09. The standard InChI is InChI=1S/C16H19F2NO2/c17-16(18)21-14-9-5-4-6-12(14)10-11-15(20)19-13-7-2-1-3-8-13/h4-6,9-11,13,16H,1-3,7-8H2,(H,19,20)/b11-10+. The summed E-state index contributed by atoms with van der Waals surface area (Å²) in [6, 6.07) is 6.62. The van der Waals surface area contributed by atoms with Crippen LogP contribution in [0.2, 0.25) is 0 Å². The van der Waals surface area contributed by atoms with Gasteiger partial charge < -0.3 is 10.1 Å². The molecule has 0 aromatic heterocycles. The predicted molar refractivity (Wildman–Crippen MR) is 77.1 cm³/mol. The van der Waals surface area contributed by atoms with Crippen molar-refractivity contribution in [2.45, 2.75) is 44.8 Å². The Labute approximate surface area is 123 Å². The lowest BCUT2D eigenvalue weighted by Gasteiger charge is -2.21. The average Bonchev–Trinajstić information content (AvgIpc) is 2.47. The van der Waals surface area contributed by atoms with Crippen molar-refractivity contribution in [2.24, 2.45) is 0 Å². The molecule has 0 aliphatic heterocycles. The van der Waals surface area contributed by atoms with Gasteiger partial charge in [-0.3, -0.25) is 4.79 Å². The molecule has 0 unspecified atom stereocenters. The lowest BCUT2D eigenvalue weighted by atomic mass is 9.95. The number of hydrogen-bond donors (Lipinski definition) is 1. The molecule has 1 aromatic rings. The molecule has 1 fully saturated rings. The van der Waals surface area contributed by atoms with E-state index < -0.39 is 6.61 Å². The first-order chi connectivity index (χ1) is 10.1. The molecule has 1 aromatic carbocycles. The Kier molecular flexibility index (Phi) is 5.72. The van der Waals surface area contributed by atoms with Crippen LogP contribution in [0.15, 0.2) is 30.3 Å². The zero-order valence-corrected chi connectivity index (χ0v) is 11.7. The number of rotatable bonds is 5. The van der Waals surface area contributed by atoms with Crippen molar-refractivity contribution in [3.05, 3.63) is 35.9 Å². The summed E-state index contributed by atoms with van der Waals surface area (Å²) in [5.74, 6) is -0.136. The van der Waals surface area contributed by atoms with Crippen molar-refractivity contribution in [1.29, 1.82) is 0 Å². The predicted octanol–water partition coefficient (Wildman–Crippen LogP) is 3.75. The molecule has 3 nitrogen and oxygen atoms in total. The van der Waals surface area contributed by atoms with Crippen LogP contribution in [0.4, 0.5) is 8.78 Å². The summed E-state index contributed by atoms with van der Waals surface area (Å²) in [7, 11) is 0. The zero-order valence-electron chi connectivity index (χ0n) is 11.7. The highest BCUT2D eigenvalue weighted by Crippen LogP contribution is 2.21. The molecule has 0 spiro atoms. The number of halogens is 2. The number of benzene rings is 1. The molecule has 1 N–H and O–H groups in total. The number of para-hydroxylation sites is 1. The van der Waals surface area contributed by atoms with Crippen molar-refractivity contribution in [1.82, 2.24) is 5.32 Å². The summed E-state index contributed by atoms with van der Waals surface area (Å²) >= 11 is 0. The average molecular weight is 295 g/mol. The lowest BCUT2D eigenvalue weighted by molar-refractivity contribution is -0.117. The summed E-state index contributed by atoms with van der Waals surface area (Å²) in [6.07, 6.45) is 8.37. The van der Waals surface area contributed by atoms with Gasteiger partial charge >= 0.3 is 6.61 Å². The molecule has 0 atom stereocenters. The summed E-state index contributed by atoms with van der Waals surface area (Å²) in [4.78, 5) is 11.8. The Bertz CT molecular complexity index is 497. The van der Waals surface area contributed by atoms with E-state index in [1.807, 2.05) is 0 Å². The van der Waals surface area contributed by atoms with E-state index in [1.165, 1.54) is 24.6 Å². The maximum atomic E-state index is 12.3. The highest BCUT2D eigenvalue weighted by Gasteiger charge is 2.14. The van der Waals surface area contributed by atoms with Crippen LogP contribution in [0, 0.1) is 0 Å². The van der Waals surface area contributed by atoms with Gasteiger partial charge in [0.05, 0.1) is 0 Å². The van der Waals surface area contributed by atoms with Crippen molar-refractivity contribution < 1.29 is 18.3 Å². The SMILES string of the molecule is O=C(/C=C/c1ccccc1OC(F)F)NC1CCCCC1. The molecule has 21 heavy (non-hydrogen) atoms. The number of ether oxygens (including phenoxy) is 1. The number of hydrogen-bond acceptors (Lipinski definition) is 2. The molecule has 0 bridgehead atoms. The molecule has 5 heteroatoms. The summed E-state index contributed by atoms with van der Waals surface area (Å²) in [6.45, 7) is -2.88. The Hall–Kier alpha value is -1.91. The van der Waals surface area contributed by atoms with Gasteiger partial charge in [0.15, 0.2) is 0 Å². The Morgan fingerprint density at radius 3 is 2.67 bits per heavy atom. The number of amides is 1. The maximum absolute atomic E-state index is 12.3. The second kappa shape index (κ2) is 7.76. The molecule has 114 valence electrons. The van der Waals surface area contributed by atoms with E-state index in [0.717, 1.165) is 25.7 Å². The third kappa shape index (κ3) is 5.17. The molecule has 0 heterocycles. The second-order valence-electron chi connectivity index (χ2n) is 5.09. The Morgan fingerprint density at radius 2 is 1.95 bits per heavy atom. The third-order valence-electron chi connectivity index (χ3n) is 3.50. The number of nitrogens with one attached hydrogen (secondary N) is 1. The van der Waals surface area contributed by atoms with E-state index in [-0.39, 0.29) is 17.7 Å². The van der Waals surface area contributed by atoms with Crippen molar-refractivity contribution in [2.75, 3.05) is 0 Å². The quantitative estimate of drug-likeness (QED) is 0.840. The molecule has 1 aliphatic carbocycles. The summed E-state index contributed by atoms with van der Waals surface area (Å²) < 4.78 is 29.0. The van der Waals surface area contributed by atoms with Crippen LogP contribution in [-0.2, 0) is 4.79 Å². The number of alkyl halides is 2. The maximum Gasteiger partial charge on any atom is 0.387 e. The minimum Gasteiger partial charge on any atom is -0.434 e. The number of carbonyl (C=O) groups is 1. The van der Waals surface area contributed by atoms with Crippen LogP contribution in [-0.4, -0.2) is 18.6 Å². The lowest BCUT2D eigenvalue weighted by Crippen LogP contribution is -2.34. The molecule has 1 saturated carbocycles. The van der Waals surface area contributed by atoms with Crippen LogP contribution in [0.1, 0.15) is 37.7 Å². The third-order valence-corrected chi connectivity index (χ3v) is 3.50. The van der Waals surface area contributed by atoms with Crippen LogP contribution in [0.5, 0.6) is 5.75 Å². The summed E-state index contributed by atoms with van der Waals surface area (Å²) in [5, 5.41) is 2.93. The van der Waals surface area contributed by atoms with Gasteiger partial charge in [-0.05, 0) is 25.0 Å². The molecule has 0 saturated heterocycles. The van der Waals surface area contributed by atoms with Crippen molar-refractivity contribution in [3.8, 4) is 5.75 Å². The van der Waals surface area contributed by atoms with Gasteiger partial charge in [-0.25, -0.2) is 0 Å². The van der Waals surface area contributed by atoms with Gasteiger partial charge in [0.25, 0.3) is 0 Å². The Morgan fingerprint density at radius 1 is 1.24 bits per heavy atom. The van der Waals surface area contributed by atoms with E-state index in [0.29, 0.717) is 5.56 Å². The highest BCUT2D eigenvalue weighted by atomic mass is 19.3. The first kappa shape index (κ1) is 15.5. The smallest absolute Gasteiger partial charge is 0.387 e. The van der Waals surface area contributed by atoms with E-state index in [1.54, 1.807) is 18.2 Å². The van der Waals surface area contributed by atoms with Crippen molar-refractivity contribution in [3.63, 3.8) is 0 Å². The highest BCUT2D eigenvalue weighted by molar-refractivity contribution is 5.92. The molecule has 0 radical (unpaired) electrons. The molecule has 1 amide bonds. The van der Waals surface area contributed by atoms with E-state index in [2.05, 4.69) is 10.1 Å². The monoisotopic (exact) mass is 295 g/mol. The van der Waals surface area contributed by atoms with Gasteiger partial charge in [0.1, 0.15) is 5.75 Å². The normalized spacial score (nSPS) is 16.3. The molecule has 2 rings (SSSR count). The Balaban J connectivity index is 1.95. The fraction of sp³-hybridized carbons (Fsp3) is 0.438. The zero-order chi connectivity index (χ0) is 15.1. The number of carbonyl (C=O) groups excluding carboxylic acids is 1. The van der Waals surface area contributed by atoms with Gasteiger partial charge in [-0.15, -0.1) is 0 Å². The van der Waals surface area contributed by atoms with Crippen LogP contribution < -0.4 is 10.1 Å². The fourth-order valence-electron chi connectivity index (χ4n) is 2.48. The molecular weight excluding hydrogens is 276 g/mol. The fourth-order valence-corrected chi connectivity index (χ4v) is 2.48. The molecule has 1 aliphatic rings. The van der Waals surface area contributed by atoms with Crippen LogP contribution in [0.25, 0.3) is 6.08 Å². The van der Waals surface area contributed by atoms with Crippen molar-refractivity contribution >= 4 is 12.0 Å². The minimum atomic E-state index is -2.88. The van der Waals surface area contributed by atoms with Gasteiger partial charge in [0.2, 0.25) is 5.91 Å². The minimum absolute atomic E-state index is 0.0641. The topological polar surface area (TPSA) is 38.3 Å². The molecular formula is C16H19F2NO2. The van der Waals surface area contributed by atoms with E-state index >= 15 is 0 Å². The van der Waals surface area contributed by atoms with Crippen LogP contribution >= 0.6 is 0 Å².